The minimum Gasteiger partial charge on any atom is -0.339 e. The van der Waals surface area contributed by atoms with Crippen molar-refractivity contribution >= 4 is 15.7 Å². The van der Waals surface area contributed by atoms with Crippen LogP contribution in [-0.2, 0) is 17.1 Å². The van der Waals surface area contributed by atoms with Crippen molar-refractivity contribution in [2.45, 2.75) is 5.03 Å². The van der Waals surface area contributed by atoms with Crippen molar-refractivity contribution in [2.75, 3.05) is 4.72 Å². The molecule has 0 aliphatic carbocycles. The van der Waals surface area contributed by atoms with Crippen molar-refractivity contribution in [3.63, 3.8) is 0 Å². The minimum atomic E-state index is -3.94. The highest BCUT2D eigenvalue weighted by molar-refractivity contribution is 7.92. The number of sulfonamides is 1. The molecule has 1 aromatic heterocycles. The van der Waals surface area contributed by atoms with Gasteiger partial charge in [0.25, 0.3) is 10.0 Å². The van der Waals surface area contributed by atoms with E-state index in [2.05, 4.69) is 9.71 Å². The summed E-state index contributed by atoms with van der Waals surface area (Å²) in [6.45, 7) is 0. The number of aromatic nitrogens is 2. The zero-order valence-electron chi connectivity index (χ0n) is 9.83. The molecule has 0 bridgehead atoms. The van der Waals surface area contributed by atoms with Gasteiger partial charge in [-0.1, -0.05) is 0 Å². The molecule has 8 heteroatoms. The quantitative estimate of drug-likeness (QED) is 0.916. The Balaban J connectivity index is 2.34. The van der Waals surface area contributed by atoms with Gasteiger partial charge in [0.1, 0.15) is 5.82 Å². The molecule has 1 heterocycles. The van der Waals surface area contributed by atoms with Crippen LogP contribution in [0.3, 0.4) is 0 Å². The van der Waals surface area contributed by atoms with Gasteiger partial charge in [0, 0.05) is 13.2 Å². The van der Waals surface area contributed by atoms with E-state index in [-0.39, 0.29) is 16.3 Å². The maximum absolute atomic E-state index is 13.6. The summed E-state index contributed by atoms with van der Waals surface area (Å²) in [6, 6.07) is 5.22. The van der Waals surface area contributed by atoms with E-state index in [1.54, 1.807) is 13.1 Å². The summed E-state index contributed by atoms with van der Waals surface area (Å²) in [7, 11) is -2.32. The molecule has 19 heavy (non-hydrogen) atoms. The van der Waals surface area contributed by atoms with Gasteiger partial charge < -0.3 is 4.57 Å². The van der Waals surface area contributed by atoms with Gasteiger partial charge in [-0.3, -0.25) is 4.72 Å². The normalized spacial score (nSPS) is 11.0. The van der Waals surface area contributed by atoms with Crippen molar-refractivity contribution in [1.82, 2.24) is 9.55 Å². The molecule has 2 aromatic rings. The highest BCUT2D eigenvalue weighted by Crippen LogP contribution is 2.19. The Labute approximate surface area is 109 Å². The highest BCUT2D eigenvalue weighted by atomic mass is 32.2. The van der Waals surface area contributed by atoms with E-state index in [1.807, 2.05) is 0 Å². The van der Waals surface area contributed by atoms with Gasteiger partial charge in [-0.05, 0) is 18.2 Å². The van der Waals surface area contributed by atoms with E-state index in [4.69, 9.17) is 5.26 Å². The van der Waals surface area contributed by atoms with Crippen molar-refractivity contribution < 1.29 is 12.8 Å². The van der Waals surface area contributed by atoms with Crippen LogP contribution in [0.1, 0.15) is 5.56 Å². The Kier molecular flexibility index (Phi) is 3.23. The lowest BCUT2D eigenvalue weighted by Crippen LogP contribution is -2.14. The average Bonchev–Trinajstić information content (AvgIpc) is 2.79. The van der Waals surface area contributed by atoms with Crippen LogP contribution in [0, 0.1) is 17.1 Å². The molecular formula is C11H9FN4O2S. The zero-order valence-corrected chi connectivity index (χ0v) is 10.6. The zero-order chi connectivity index (χ0) is 14.0. The first-order chi connectivity index (χ1) is 8.92. The van der Waals surface area contributed by atoms with Gasteiger partial charge in [-0.15, -0.1) is 0 Å². The fourth-order valence-electron chi connectivity index (χ4n) is 1.39. The number of hydrogen-bond donors (Lipinski definition) is 1. The van der Waals surface area contributed by atoms with Gasteiger partial charge in [-0.2, -0.15) is 13.7 Å². The molecule has 0 unspecified atom stereocenters. The number of nitrogens with one attached hydrogen (secondary N) is 1. The Morgan fingerprint density at radius 1 is 1.47 bits per heavy atom. The van der Waals surface area contributed by atoms with Crippen LogP contribution < -0.4 is 4.72 Å². The number of nitrogens with zero attached hydrogens (tertiary/aromatic N) is 3. The van der Waals surface area contributed by atoms with E-state index in [9.17, 15) is 12.8 Å². The van der Waals surface area contributed by atoms with E-state index in [0.29, 0.717) is 0 Å². The van der Waals surface area contributed by atoms with Crippen LogP contribution in [-0.4, -0.2) is 18.0 Å². The number of aryl methyl sites for hydroxylation is 1. The molecule has 0 fully saturated rings. The number of halogens is 1. The van der Waals surface area contributed by atoms with Gasteiger partial charge in [-0.25, -0.2) is 9.37 Å². The second kappa shape index (κ2) is 4.70. The Morgan fingerprint density at radius 2 is 2.21 bits per heavy atom. The SMILES string of the molecule is Cn1cnc(S(=O)(=O)Nc2ccc(C#N)cc2F)c1. The Morgan fingerprint density at radius 3 is 2.74 bits per heavy atom. The lowest BCUT2D eigenvalue weighted by Gasteiger charge is -2.06. The maximum atomic E-state index is 13.6. The highest BCUT2D eigenvalue weighted by Gasteiger charge is 2.18. The van der Waals surface area contributed by atoms with Gasteiger partial charge in [0.2, 0.25) is 0 Å². The number of nitriles is 1. The summed E-state index contributed by atoms with van der Waals surface area (Å²) in [4.78, 5) is 3.68. The second-order valence-electron chi connectivity index (χ2n) is 3.79. The Bertz CT molecular complexity index is 761. The molecule has 6 nitrogen and oxygen atoms in total. The van der Waals surface area contributed by atoms with Crippen LogP contribution in [0.4, 0.5) is 10.1 Å². The third kappa shape index (κ3) is 2.71. The number of benzene rings is 1. The van der Waals surface area contributed by atoms with Crippen molar-refractivity contribution in [3.05, 3.63) is 42.1 Å². The molecule has 0 aliphatic rings. The topological polar surface area (TPSA) is 87.8 Å². The van der Waals surface area contributed by atoms with Gasteiger partial charge in [0.15, 0.2) is 5.03 Å². The fourth-order valence-corrected chi connectivity index (χ4v) is 2.44. The lowest BCUT2D eigenvalue weighted by atomic mass is 10.2. The van der Waals surface area contributed by atoms with E-state index in [0.717, 1.165) is 6.07 Å². The monoisotopic (exact) mass is 280 g/mol. The predicted octanol–water partition coefficient (Wildman–Crippen LogP) is 1.23. The number of imidazole rings is 1. The minimum absolute atomic E-state index is 0.110. The largest absolute Gasteiger partial charge is 0.339 e. The maximum Gasteiger partial charge on any atom is 0.281 e. The summed E-state index contributed by atoms with van der Waals surface area (Å²) in [5.74, 6) is -0.821. The number of rotatable bonds is 3. The molecule has 98 valence electrons. The molecule has 0 saturated heterocycles. The smallest absolute Gasteiger partial charge is 0.281 e. The molecular weight excluding hydrogens is 271 g/mol. The number of anilines is 1. The van der Waals surface area contributed by atoms with Crippen LogP contribution in [0.15, 0.2) is 35.7 Å². The molecule has 2 rings (SSSR count). The molecule has 0 atom stereocenters. The van der Waals surface area contributed by atoms with E-state index < -0.39 is 15.8 Å². The van der Waals surface area contributed by atoms with E-state index in [1.165, 1.54) is 29.2 Å². The van der Waals surface area contributed by atoms with Crippen LogP contribution in [0.5, 0.6) is 0 Å². The summed E-state index contributed by atoms with van der Waals surface area (Å²) < 4.78 is 40.9. The molecule has 1 aromatic carbocycles. The van der Waals surface area contributed by atoms with E-state index >= 15 is 0 Å². The molecule has 0 saturated carbocycles. The molecule has 0 amide bonds. The first-order valence-corrected chi connectivity index (χ1v) is 6.61. The van der Waals surface area contributed by atoms with Gasteiger partial charge >= 0.3 is 0 Å². The Hall–Kier alpha value is -2.40. The first kappa shape index (κ1) is 13.0. The summed E-state index contributed by atoms with van der Waals surface area (Å²) in [6.07, 6.45) is 2.62. The molecule has 0 radical (unpaired) electrons. The summed E-state index contributed by atoms with van der Waals surface area (Å²) in [5, 5.41) is 8.39. The predicted molar refractivity (Wildman–Crippen MR) is 65.1 cm³/mol. The van der Waals surface area contributed by atoms with Crippen molar-refractivity contribution in [1.29, 1.82) is 5.26 Å². The first-order valence-electron chi connectivity index (χ1n) is 5.13. The molecule has 0 aliphatic heterocycles. The average molecular weight is 280 g/mol. The second-order valence-corrected chi connectivity index (χ2v) is 5.42. The molecule has 0 spiro atoms. The van der Waals surface area contributed by atoms with Crippen LogP contribution in [0.25, 0.3) is 0 Å². The third-order valence-corrected chi connectivity index (χ3v) is 3.55. The van der Waals surface area contributed by atoms with Crippen molar-refractivity contribution in [2.24, 2.45) is 7.05 Å². The van der Waals surface area contributed by atoms with Crippen LogP contribution in [0.2, 0.25) is 0 Å². The molecule has 1 N–H and O–H groups in total. The van der Waals surface area contributed by atoms with Gasteiger partial charge in [0.05, 0.1) is 23.6 Å². The standard InChI is InChI=1S/C11H9FN4O2S/c1-16-6-11(14-7-16)19(17,18)15-10-3-2-8(5-13)4-9(10)12/h2-4,6-7,15H,1H3. The fraction of sp³-hybridized carbons (Fsp3) is 0.0909. The summed E-state index contributed by atoms with van der Waals surface area (Å²) in [5.41, 5.74) is -0.122. The van der Waals surface area contributed by atoms with Crippen molar-refractivity contribution in [3.8, 4) is 6.07 Å². The lowest BCUT2D eigenvalue weighted by molar-refractivity contribution is 0.595. The summed E-state index contributed by atoms with van der Waals surface area (Å²) >= 11 is 0. The van der Waals surface area contributed by atoms with Crippen LogP contribution >= 0.6 is 0 Å². The number of hydrogen-bond acceptors (Lipinski definition) is 4. The third-order valence-electron chi connectivity index (χ3n) is 2.30.